The number of primary amides is 1. The van der Waals surface area contributed by atoms with E-state index in [1.54, 1.807) is 0 Å². The second-order valence-electron chi connectivity index (χ2n) is 2.38. The van der Waals surface area contributed by atoms with E-state index in [9.17, 15) is 9.59 Å². The summed E-state index contributed by atoms with van der Waals surface area (Å²) in [5, 5.41) is 2.92. The first-order valence-electron chi connectivity index (χ1n) is 3.24. The van der Waals surface area contributed by atoms with Gasteiger partial charge in [0, 0.05) is 19.5 Å². The second kappa shape index (κ2) is 2.79. The van der Waals surface area contributed by atoms with Crippen molar-refractivity contribution in [2.45, 2.75) is 6.42 Å². The van der Waals surface area contributed by atoms with E-state index in [4.69, 9.17) is 5.73 Å². The van der Waals surface area contributed by atoms with E-state index in [0.717, 1.165) is 0 Å². The van der Waals surface area contributed by atoms with Crippen molar-refractivity contribution in [2.75, 3.05) is 13.1 Å². The lowest BCUT2D eigenvalue weighted by Gasteiger charge is -2.17. The Morgan fingerprint density at radius 2 is 2.40 bits per heavy atom. The van der Waals surface area contributed by atoms with Crippen LogP contribution in [0.1, 0.15) is 6.42 Å². The van der Waals surface area contributed by atoms with E-state index in [2.05, 4.69) is 5.32 Å². The lowest BCUT2D eigenvalue weighted by Crippen LogP contribution is -2.43. The van der Waals surface area contributed by atoms with Gasteiger partial charge in [-0.1, -0.05) is 0 Å². The standard InChI is InChI=1S/C6H10N2O2/c7-6(10)4-3-8-2-1-5(4)9/h4,8H,1-3H2,(H2,7,10)/t4-/m0/s1. The van der Waals surface area contributed by atoms with E-state index in [1.807, 2.05) is 0 Å². The summed E-state index contributed by atoms with van der Waals surface area (Å²) in [6, 6.07) is 0. The zero-order valence-electron chi connectivity index (χ0n) is 5.59. The monoisotopic (exact) mass is 142 g/mol. The van der Waals surface area contributed by atoms with Gasteiger partial charge in [0.1, 0.15) is 11.7 Å². The zero-order chi connectivity index (χ0) is 7.56. The van der Waals surface area contributed by atoms with Gasteiger partial charge in [0.15, 0.2) is 0 Å². The van der Waals surface area contributed by atoms with Gasteiger partial charge in [0.05, 0.1) is 0 Å². The van der Waals surface area contributed by atoms with Crippen LogP contribution in [0.5, 0.6) is 0 Å². The quantitative estimate of drug-likeness (QED) is 0.445. The van der Waals surface area contributed by atoms with Crippen LogP contribution >= 0.6 is 0 Å². The van der Waals surface area contributed by atoms with Gasteiger partial charge in [-0.2, -0.15) is 0 Å². The van der Waals surface area contributed by atoms with Gasteiger partial charge < -0.3 is 11.1 Å². The molecule has 1 aliphatic rings. The number of carbonyl (C=O) groups excluding carboxylic acids is 2. The Hall–Kier alpha value is -0.900. The fraction of sp³-hybridized carbons (Fsp3) is 0.667. The SMILES string of the molecule is NC(=O)[C@H]1CNCCC1=O. The molecule has 0 aliphatic carbocycles. The second-order valence-corrected chi connectivity index (χ2v) is 2.38. The lowest BCUT2D eigenvalue weighted by atomic mass is 9.98. The van der Waals surface area contributed by atoms with Crippen molar-refractivity contribution in [3.8, 4) is 0 Å². The molecule has 1 rings (SSSR count). The minimum Gasteiger partial charge on any atom is -0.369 e. The number of nitrogens with two attached hydrogens (primary N) is 1. The van der Waals surface area contributed by atoms with Crippen LogP contribution in [-0.4, -0.2) is 24.8 Å². The molecule has 1 atom stereocenters. The molecule has 56 valence electrons. The molecule has 1 amide bonds. The maximum absolute atomic E-state index is 10.9. The number of nitrogens with one attached hydrogen (secondary N) is 1. The number of hydrogen-bond acceptors (Lipinski definition) is 3. The Balaban J connectivity index is 2.56. The molecule has 0 aromatic heterocycles. The summed E-state index contributed by atoms with van der Waals surface area (Å²) in [4.78, 5) is 21.4. The third kappa shape index (κ3) is 1.33. The van der Waals surface area contributed by atoms with Gasteiger partial charge in [-0.3, -0.25) is 9.59 Å². The van der Waals surface area contributed by atoms with Crippen molar-refractivity contribution < 1.29 is 9.59 Å². The number of piperidine rings is 1. The van der Waals surface area contributed by atoms with E-state index < -0.39 is 11.8 Å². The smallest absolute Gasteiger partial charge is 0.229 e. The van der Waals surface area contributed by atoms with Crippen LogP contribution in [-0.2, 0) is 9.59 Å². The van der Waals surface area contributed by atoms with Crippen LogP contribution in [0.2, 0.25) is 0 Å². The van der Waals surface area contributed by atoms with Crippen molar-refractivity contribution in [1.82, 2.24) is 5.32 Å². The summed E-state index contributed by atoms with van der Waals surface area (Å²) in [6.07, 6.45) is 0.424. The largest absolute Gasteiger partial charge is 0.369 e. The Morgan fingerprint density at radius 3 is 2.80 bits per heavy atom. The number of carbonyl (C=O) groups is 2. The predicted octanol–water partition coefficient (Wildman–Crippen LogP) is -1.35. The summed E-state index contributed by atoms with van der Waals surface area (Å²) in [5.41, 5.74) is 4.96. The number of rotatable bonds is 1. The van der Waals surface area contributed by atoms with E-state index in [0.29, 0.717) is 19.5 Å². The maximum atomic E-state index is 10.9. The van der Waals surface area contributed by atoms with Gasteiger partial charge in [-0.25, -0.2) is 0 Å². The summed E-state index contributed by atoms with van der Waals surface area (Å²) < 4.78 is 0. The van der Waals surface area contributed by atoms with Crippen LogP contribution in [0.3, 0.4) is 0 Å². The van der Waals surface area contributed by atoms with E-state index in [1.165, 1.54) is 0 Å². The fourth-order valence-corrected chi connectivity index (χ4v) is 1.01. The van der Waals surface area contributed by atoms with E-state index >= 15 is 0 Å². The number of amides is 1. The summed E-state index contributed by atoms with van der Waals surface area (Å²) in [5.74, 6) is -1.14. The molecule has 0 saturated carbocycles. The first kappa shape index (κ1) is 7.21. The van der Waals surface area contributed by atoms with Gasteiger partial charge in [0.25, 0.3) is 0 Å². The minimum absolute atomic E-state index is 0.0359. The summed E-state index contributed by atoms with van der Waals surface area (Å²) >= 11 is 0. The maximum Gasteiger partial charge on any atom is 0.229 e. The highest BCUT2D eigenvalue weighted by Gasteiger charge is 2.26. The fourth-order valence-electron chi connectivity index (χ4n) is 1.01. The zero-order valence-corrected chi connectivity index (χ0v) is 5.59. The topological polar surface area (TPSA) is 72.2 Å². The number of hydrogen-bond donors (Lipinski definition) is 2. The van der Waals surface area contributed by atoms with Crippen molar-refractivity contribution >= 4 is 11.7 Å². The molecule has 1 fully saturated rings. The molecule has 0 aromatic carbocycles. The molecule has 4 heteroatoms. The van der Waals surface area contributed by atoms with Gasteiger partial charge >= 0.3 is 0 Å². The first-order chi connectivity index (χ1) is 4.72. The molecular formula is C6H10N2O2. The Bertz CT molecular complexity index is 167. The first-order valence-corrected chi connectivity index (χ1v) is 3.24. The summed E-state index contributed by atoms with van der Waals surface area (Å²) in [6.45, 7) is 1.08. The highest BCUT2D eigenvalue weighted by molar-refractivity contribution is 6.01. The molecule has 0 unspecified atom stereocenters. The minimum atomic E-state index is -0.589. The molecule has 0 spiro atoms. The highest BCUT2D eigenvalue weighted by Crippen LogP contribution is 2.03. The number of Topliss-reactive ketones (excluding diaryl/α,β-unsaturated/α-hetero) is 1. The van der Waals surface area contributed by atoms with Crippen molar-refractivity contribution in [3.63, 3.8) is 0 Å². The molecule has 1 heterocycles. The predicted molar refractivity (Wildman–Crippen MR) is 35.2 cm³/mol. The van der Waals surface area contributed by atoms with Gasteiger partial charge in [-0.15, -0.1) is 0 Å². The van der Waals surface area contributed by atoms with E-state index in [-0.39, 0.29) is 5.78 Å². The molecule has 0 bridgehead atoms. The normalized spacial score (nSPS) is 26.4. The van der Waals surface area contributed by atoms with Crippen LogP contribution in [0.15, 0.2) is 0 Å². The van der Waals surface area contributed by atoms with Gasteiger partial charge in [0.2, 0.25) is 5.91 Å². The van der Waals surface area contributed by atoms with Crippen LogP contribution in [0, 0.1) is 5.92 Å². The van der Waals surface area contributed by atoms with Crippen LogP contribution in [0.4, 0.5) is 0 Å². The molecule has 10 heavy (non-hydrogen) atoms. The molecule has 0 radical (unpaired) electrons. The Kier molecular flexibility index (Phi) is 2.01. The van der Waals surface area contributed by atoms with Gasteiger partial charge in [-0.05, 0) is 0 Å². The molecule has 1 aliphatic heterocycles. The average molecular weight is 142 g/mol. The third-order valence-corrected chi connectivity index (χ3v) is 1.63. The Morgan fingerprint density at radius 1 is 1.70 bits per heavy atom. The molecule has 4 nitrogen and oxygen atoms in total. The van der Waals surface area contributed by atoms with Crippen LogP contribution < -0.4 is 11.1 Å². The van der Waals surface area contributed by atoms with Crippen LogP contribution in [0.25, 0.3) is 0 Å². The molecule has 3 N–H and O–H groups in total. The van der Waals surface area contributed by atoms with Crippen molar-refractivity contribution in [3.05, 3.63) is 0 Å². The third-order valence-electron chi connectivity index (χ3n) is 1.63. The summed E-state index contributed by atoms with van der Waals surface area (Å²) in [7, 11) is 0. The molecule has 1 saturated heterocycles. The molecular weight excluding hydrogens is 132 g/mol. The molecule has 0 aromatic rings. The number of ketones is 1. The average Bonchev–Trinajstić information content (AvgIpc) is 1.88. The van der Waals surface area contributed by atoms with Crippen molar-refractivity contribution in [2.24, 2.45) is 11.7 Å². The van der Waals surface area contributed by atoms with Crippen molar-refractivity contribution in [1.29, 1.82) is 0 Å². The highest BCUT2D eigenvalue weighted by atomic mass is 16.2. The lowest BCUT2D eigenvalue weighted by molar-refractivity contribution is -0.133. The Labute approximate surface area is 58.8 Å².